The van der Waals surface area contributed by atoms with Crippen LogP contribution in [0.5, 0.6) is 0 Å². The molecule has 0 heterocycles. The van der Waals surface area contributed by atoms with E-state index < -0.39 is 17.4 Å². The Kier molecular flexibility index (Phi) is 9.91. The van der Waals surface area contributed by atoms with Crippen molar-refractivity contribution in [2.75, 3.05) is 0 Å². The van der Waals surface area contributed by atoms with Gasteiger partial charge in [0.05, 0.1) is 0 Å². The van der Waals surface area contributed by atoms with Crippen LogP contribution in [-0.4, -0.2) is 3.81 Å². The quantitative estimate of drug-likeness (QED) is 0.299. The molecule has 4 aromatic carbocycles. The minimum Gasteiger partial charge on any atom is -1.00 e. The minimum absolute atomic E-state index is 0. The molecular weight excluding hydrogens is 563 g/mol. The van der Waals surface area contributed by atoms with E-state index in [1.807, 2.05) is 0 Å². The maximum atomic E-state index is 2.63. The predicted octanol–water partition coefficient (Wildman–Crippen LogP) is 3.32. The second-order valence-corrected chi connectivity index (χ2v) is 14.9. The number of hydrogen-bond donors (Lipinski definition) is 0. The summed E-state index contributed by atoms with van der Waals surface area (Å²) in [4.78, 5) is 0. The normalized spacial score (nSPS) is 16.4. The first-order valence-electron chi connectivity index (χ1n) is 14.1. The zero-order valence-electron chi connectivity index (χ0n) is 23.7. The van der Waals surface area contributed by atoms with Gasteiger partial charge in [0.25, 0.3) is 0 Å². The van der Waals surface area contributed by atoms with Gasteiger partial charge in [-0.1, -0.05) is 0 Å². The summed E-state index contributed by atoms with van der Waals surface area (Å²) in [5.41, 5.74) is 14.6. The summed E-state index contributed by atoms with van der Waals surface area (Å²) < 4.78 is 2.54. The van der Waals surface area contributed by atoms with Crippen molar-refractivity contribution in [3.63, 3.8) is 0 Å². The number of allylic oxidation sites excluding steroid dienone is 4. The molecule has 0 aromatic heterocycles. The molecule has 0 N–H and O–H groups in total. The van der Waals surface area contributed by atoms with Crippen LogP contribution in [-0.2, 0) is 30.2 Å². The summed E-state index contributed by atoms with van der Waals surface area (Å²) in [7, 11) is 0. The Hall–Kier alpha value is -2.48. The van der Waals surface area contributed by atoms with Gasteiger partial charge in [0.2, 0.25) is 0 Å². The fourth-order valence-corrected chi connectivity index (χ4v) is 12.8. The van der Waals surface area contributed by atoms with Crippen molar-refractivity contribution in [2.24, 2.45) is 0 Å². The molecule has 0 aliphatic heterocycles. The van der Waals surface area contributed by atoms with Crippen molar-refractivity contribution in [2.45, 2.75) is 49.0 Å². The van der Waals surface area contributed by atoms with Gasteiger partial charge in [-0.2, -0.15) is 0 Å². The molecule has 2 aliphatic carbocycles. The zero-order chi connectivity index (χ0) is 26.2. The Morgan fingerprint density at radius 2 is 0.975 bits per heavy atom. The Morgan fingerprint density at radius 3 is 1.35 bits per heavy atom. The van der Waals surface area contributed by atoms with Gasteiger partial charge >= 0.3 is 235 Å². The molecular formula is C37H36Cl2Ti. The van der Waals surface area contributed by atoms with E-state index in [0.717, 1.165) is 12.8 Å². The van der Waals surface area contributed by atoms with E-state index in [4.69, 9.17) is 0 Å². The van der Waals surface area contributed by atoms with Crippen LogP contribution in [0.2, 0.25) is 0 Å². The number of fused-ring (bicyclic) bond motifs is 2. The Morgan fingerprint density at radius 1 is 0.575 bits per heavy atom. The third-order valence-corrected chi connectivity index (χ3v) is 13.9. The Bertz CT molecular complexity index is 1480. The van der Waals surface area contributed by atoms with Crippen molar-refractivity contribution in [1.82, 2.24) is 0 Å². The summed E-state index contributed by atoms with van der Waals surface area (Å²) >= 11 is -2.15. The molecule has 6 rings (SSSR count). The van der Waals surface area contributed by atoms with Gasteiger partial charge in [-0.15, -0.1) is 0 Å². The summed E-state index contributed by atoms with van der Waals surface area (Å²) in [5, 5.41) is 0. The third kappa shape index (κ3) is 5.53. The van der Waals surface area contributed by atoms with E-state index in [1.54, 1.807) is 14.9 Å². The van der Waals surface area contributed by atoms with E-state index in [2.05, 4.69) is 137 Å². The average molecular weight is 599 g/mol. The SMILES string of the molecule is CCc1ccc2c(c1)C(C)=C[CH]2[Ti+2](=[C](c1ccccc1)c1ccccc1)[CH]1C=C(C)c2cc(CC)ccc21.[Cl-].[Cl-]. The second-order valence-electron chi connectivity index (χ2n) is 10.8. The van der Waals surface area contributed by atoms with Gasteiger partial charge in [-0.05, 0) is 0 Å². The van der Waals surface area contributed by atoms with Crippen molar-refractivity contribution in [3.05, 3.63) is 154 Å². The molecule has 0 saturated heterocycles. The van der Waals surface area contributed by atoms with E-state index in [-0.39, 0.29) is 24.8 Å². The molecule has 0 spiro atoms. The largest absolute Gasteiger partial charge is 1.00 e. The number of benzene rings is 4. The molecule has 2 aliphatic rings. The Balaban J connectivity index is 0.00000185. The summed E-state index contributed by atoms with van der Waals surface area (Å²) in [6.07, 6.45) is 7.43. The van der Waals surface area contributed by atoms with Gasteiger partial charge < -0.3 is 24.8 Å². The fourth-order valence-electron chi connectivity index (χ4n) is 6.46. The van der Waals surface area contributed by atoms with Gasteiger partial charge in [-0.3, -0.25) is 0 Å². The van der Waals surface area contributed by atoms with Gasteiger partial charge in [0, 0.05) is 0 Å². The molecule has 2 atom stereocenters. The molecule has 0 fully saturated rings. The summed E-state index contributed by atoms with van der Waals surface area (Å²) in [5.74, 6) is 0. The first-order chi connectivity index (χ1) is 18.6. The molecule has 3 heteroatoms. The minimum atomic E-state index is -2.15. The molecule has 0 nitrogen and oxygen atoms in total. The average Bonchev–Trinajstić information content (AvgIpc) is 3.47. The smallest absolute Gasteiger partial charge is 1.00 e. The topological polar surface area (TPSA) is 0 Å². The second kappa shape index (κ2) is 13.0. The number of halogens is 2. The standard InChI is InChI=1S/C13H10.2C12H13.2ClH.Ti/c1-3-7-12(8-4-1)11-13-9-5-2-6-10-13;2*1-3-10-5-7-11-6-4-9(2)12(11)8-10;;;/h1-10H;2*4-8H,3H2,1-2H3;2*1H;/q;;;;;+2/p-2. The van der Waals surface area contributed by atoms with Crippen LogP contribution >= 0.6 is 0 Å². The Labute approximate surface area is 258 Å². The van der Waals surface area contributed by atoms with E-state index >= 15 is 0 Å². The molecule has 0 saturated carbocycles. The molecule has 2 unspecified atom stereocenters. The molecule has 0 amide bonds. The van der Waals surface area contributed by atoms with Crippen LogP contribution in [0.25, 0.3) is 11.1 Å². The van der Waals surface area contributed by atoms with Crippen LogP contribution in [0, 0.1) is 0 Å². The molecule has 0 radical (unpaired) electrons. The van der Waals surface area contributed by atoms with Gasteiger partial charge in [-0.25, -0.2) is 0 Å². The molecule has 4 aromatic rings. The van der Waals surface area contributed by atoms with Gasteiger partial charge in [0.15, 0.2) is 0 Å². The number of rotatable bonds is 6. The van der Waals surface area contributed by atoms with E-state index in [9.17, 15) is 0 Å². The van der Waals surface area contributed by atoms with Gasteiger partial charge in [0.1, 0.15) is 0 Å². The van der Waals surface area contributed by atoms with Crippen molar-refractivity contribution in [1.29, 1.82) is 0 Å². The summed E-state index contributed by atoms with van der Waals surface area (Å²) in [6.45, 7) is 9.18. The fraction of sp³-hybridized carbons (Fsp3) is 0.216. The molecule has 40 heavy (non-hydrogen) atoms. The van der Waals surface area contributed by atoms with Crippen LogP contribution in [0.1, 0.15) is 80.6 Å². The van der Waals surface area contributed by atoms with E-state index in [0.29, 0.717) is 8.45 Å². The first kappa shape index (κ1) is 30.5. The summed E-state index contributed by atoms with van der Waals surface area (Å²) in [6, 6.07) is 37.1. The molecule has 0 bridgehead atoms. The first-order valence-corrected chi connectivity index (χ1v) is 16.7. The van der Waals surface area contributed by atoms with Crippen LogP contribution < -0.4 is 24.8 Å². The maximum Gasteiger partial charge on any atom is -1.00 e. The van der Waals surface area contributed by atoms with E-state index in [1.165, 1.54) is 44.5 Å². The van der Waals surface area contributed by atoms with Crippen molar-refractivity contribution < 1.29 is 42.2 Å². The third-order valence-electron chi connectivity index (χ3n) is 8.49. The monoisotopic (exact) mass is 598 g/mol. The van der Waals surface area contributed by atoms with Crippen LogP contribution in [0.3, 0.4) is 0 Å². The zero-order valence-corrected chi connectivity index (χ0v) is 26.8. The van der Waals surface area contributed by atoms with Crippen LogP contribution in [0.4, 0.5) is 0 Å². The number of aryl methyl sites for hydroxylation is 2. The molecule has 202 valence electrons. The predicted molar refractivity (Wildman–Crippen MR) is 161 cm³/mol. The number of hydrogen-bond acceptors (Lipinski definition) is 0. The maximum absolute atomic E-state index is 2.63. The van der Waals surface area contributed by atoms with Crippen molar-refractivity contribution >= 4 is 15.0 Å². The van der Waals surface area contributed by atoms with Crippen LogP contribution in [0.15, 0.2) is 109 Å². The van der Waals surface area contributed by atoms with Crippen molar-refractivity contribution in [3.8, 4) is 0 Å².